The molecular weight excluding hydrogens is 184 g/mol. The van der Waals surface area contributed by atoms with Gasteiger partial charge in [-0.3, -0.25) is 0 Å². The van der Waals surface area contributed by atoms with E-state index in [2.05, 4.69) is 42.6 Å². The second-order valence-electron chi connectivity index (χ2n) is 3.89. The zero-order chi connectivity index (χ0) is 11.1. The first kappa shape index (κ1) is 11.7. The Hall–Kier alpha value is -1.33. The Morgan fingerprint density at radius 2 is 2.13 bits per heavy atom. The fourth-order valence-corrected chi connectivity index (χ4v) is 1.55. The molecule has 0 saturated heterocycles. The standard InChI is InChI=1S/C13H18N2/c1-11-5-3-4-6-13(11)8-10-15-12(2)7-9-14/h3-6,12,15H,7-8,10H2,1-2H3. The quantitative estimate of drug-likeness (QED) is 0.796. The largest absolute Gasteiger partial charge is 0.313 e. The monoisotopic (exact) mass is 202 g/mol. The summed E-state index contributed by atoms with van der Waals surface area (Å²) in [6.45, 7) is 5.11. The van der Waals surface area contributed by atoms with Crippen LogP contribution in [0.25, 0.3) is 0 Å². The molecule has 1 aromatic carbocycles. The maximum Gasteiger partial charge on any atom is 0.0638 e. The molecular formula is C13H18N2. The van der Waals surface area contributed by atoms with Crippen molar-refractivity contribution >= 4 is 0 Å². The molecule has 0 amide bonds. The summed E-state index contributed by atoms with van der Waals surface area (Å²) in [5.41, 5.74) is 2.72. The highest BCUT2D eigenvalue weighted by molar-refractivity contribution is 5.25. The van der Waals surface area contributed by atoms with E-state index in [0.717, 1.165) is 13.0 Å². The molecule has 1 N–H and O–H groups in total. The molecule has 0 radical (unpaired) electrons. The fourth-order valence-electron chi connectivity index (χ4n) is 1.55. The predicted molar refractivity (Wildman–Crippen MR) is 62.6 cm³/mol. The van der Waals surface area contributed by atoms with E-state index in [9.17, 15) is 0 Å². The van der Waals surface area contributed by atoms with Crippen LogP contribution >= 0.6 is 0 Å². The Kier molecular flexibility index (Phi) is 4.86. The summed E-state index contributed by atoms with van der Waals surface area (Å²) < 4.78 is 0. The summed E-state index contributed by atoms with van der Waals surface area (Å²) in [5.74, 6) is 0. The summed E-state index contributed by atoms with van der Waals surface area (Å²) in [6, 6.07) is 10.9. The van der Waals surface area contributed by atoms with Crippen molar-refractivity contribution in [3.05, 3.63) is 35.4 Å². The van der Waals surface area contributed by atoms with Gasteiger partial charge in [-0.1, -0.05) is 24.3 Å². The number of hydrogen-bond acceptors (Lipinski definition) is 2. The minimum absolute atomic E-state index is 0.291. The smallest absolute Gasteiger partial charge is 0.0638 e. The molecule has 0 aliphatic heterocycles. The Morgan fingerprint density at radius 1 is 1.40 bits per heavy atom. The van der Waals surface area contributed by atoms with Crippen LogP contribution in [0.1, 0.15) is 24.5 Å². The van der Waals surface area contributed by atoms with E-state index < -0.39 is 0 Å². The van der Waals surface area contributed by atoms with E-state index in [0.29, 0.717) is 12.5 Å². The first-order valence-electron chi connectivity index (χ1n) is 5.39. The Balaban J connectivity index is 2.32. The molecule has 1 atom stereocenters. The van der Waals surface area contributed by atoms with E-state index in [1.807, 2.05) is 6.92 Å². The molecule has 0 aromatic heterocycles. The van der Waals surface area contributed by atoms with Crippen molar-refractivity contribution < 1.29 is 0 Å². The molecule has 0 heterocycles. The molecule has 0 fully saturated rings. The fraction of sp³-hybridized carbons (Fsp3) is 0.462. The van der Waals surface area contributed by atoms with E-state index in [4.69, 9.17) is 5.26 Å². The Morgan fingerprint density at radius 3 is 2.80 bits per heavy atom. The van der Waals surface area contributed by atoms with Gasteiger partial charge in [0.2, 0.25) is 0 Å². The second kappa shape index (κ2) is 6.21. The topological polar surface area (TPSA) is 35.8 Å². The summed E-state index contributed by atoms with van der Waals surface area (Å²) in [5, 5.41) is 11.8. The van der Waals surface area contributed by atoms with E-state index in [-0.39, 0.29) is 0 Å². The minimum atomic E-state index is 0.291. The van der Waals surface area contributed by atoms with Gasteiger partial charge in [-0.05, 0) is 37.9 Å². The zero-order valence-electron chi connectivity index (χ0n) is 9.46. The third-order valence-corrected chi connectivity index (χ3v) is 2.55. The molecule has 1 rings (SSSR count). The van der Waals surface area contributed by atoms with Crippen LogP contribution in [0, 0.1) is 18.3 Å². The highest BCUT2D eigenvalue weighted by Gasteiger charge is 2.00. The summed E-state index contributed by atoms with van der Waals surface area (Å²) in [7, 11) is 0. The van der Waals surface area contributed by atoms with Crippen molar-refractivity contribution in [2.45, 2.75) is 32.7 Å². The Bertz CT molecular complexity index is 339. The molecule has 1 aromatic rings. The van der Waals surface area contributed by atoms with Crippen LogP contribution < -0.4 is 5.32 Å². The summed E-state index contributed by atoms with van der Waals surface area (Å²) in [6.07, 6.45) is 1.61. The first-order chi connectivity index (χ1) is 7.24. The van der Waals surface area contributed by atoms with Gasteiger partial charge in [0.05, 0.1) is 12.5 Å². The molecule has 0 saturated carbocycles. The van der Waals surface area contributed by atoms with E-state index >= 15 is 0 Å². The lowest BCUT2D eigenvalue weighted by atomic mass is 10.1. The lowest BCUT2D eigenvalue weighted by molar-refractivity contribution is 0.559. The molecule has 0 spiro atoms. The van der Waals surface area contributed by atoms with Crippen LogP contribution in [-0.4, -0.2) is 12.6 Å². The van der Waals surface area contributed by atoms with Crippen molar-refractivity contribution in [1.82, 2.24) is 5.32 Å². The molecule has 0 bridgehead atoms. The number of hydrogen-bond donors (Lipinski definition) is 1. The zero-order valence-corrected chi connectivity index (χ0v) is 9.46. The average molecular weight is 202 g/mol. The van der Waals surface area contributed by atoms with Crippen LogP contribution in [0.2, 0.25) is 0 Å². The highest BCUT2D eigenvalue weighted by Crippen LogP contribution is 2.06. The number of benzene rings is 1. The molecule has 15 heavy (non-hydrogen) atoms. The predicted octanol–water partition coefficient (Wildman–Crippen LogP) is 2.43. The van der Waals surface area contributed by atoms with Gasteiger partial charge in [-0.15, -0.1) is 0 Å². The first-order valence-corrected chi connectivity index (χ1v) is 5.39. The van der Waals surface area contributed by atoms with Gasteiger partial charge in [0.1, 0.15) is 0 Å². The minimum Gasteiger partial charge on any atom is -0.313 e. The molecule has 0 aliphatic carbocycles. The Labute approximate surface area is 91.9 Å². The van der Waals surface area contributed by atoms with Gasteiger partial charge in [0, 0.05) is 6.04 Å². The maximum atomic E-state index is 8.51. The van der Waals surface area contributed by atoms with Gasteiger partial charge in [0.15, 0.2) is 0 Å². The van der Waals surface area contributed by atoms with Crippen LogP contribution in [-0.2, 0) is 6.42 Å². The van der Waals surface area contributed by atoms with Crippen LogP contribution in [0.3, 0.4) is 0 Å². The van der Waals surface area contributed by atoms with Crippen LogP contribution in [0.5, 0.6) is 0 Å². The lowest BCUT2D eigenvalue weighted by Gasteiger charge is -2.10. The van der Waals surface area contributed by atoms with Crippen LogP contribution in [0.15, 0.2) is 24.3 Å². The average Bonchev–Trinajstić information content (AvgIpc) is 2.21. The van der Waals surface area contributed by atoms with Gasteiger partial charge < -0.3 is 5.32 Å². The van der Waals surface area contributed by atoms with Crippen molar-refractivity contribution in [3.8, 4) is 6.07 Å². The third-order valence-electron chi connectivity index (χ3n) is 2.55. The molecule has 0 aliphatic rings. The SMILES string of the molecule is Cc1ccccc1CCNC(C)CC#N. The van der Waals surface area contributed by atoms with Gasteiger partial charge >= 0.3 is 0 Å². The normalized spacial score (nSPS) is 12.1. The van der Waals surface area contributed by atoms with Crippen molar-refractivity contribution in [3.63, 3.8) is 0 Å². The van der Waals surface area contributed by atoms with Gasteiger partial charge in [0.25, 0.3) is 0 Å². The van der Waals surface area contributed by atoms with Crippen molar-refractivity contribution in [2.75, 3.05) is 6.54 Å². The van der Waals surface area contributed by atoms with Crippen molar-refractivity contribution in [2.24, 2.45) is 0 Å². The maximum absolute atomic E-state index is 8.51. The molecule has 2 heteroatoms. The highest BCUT2D eigenvalue weighted by atomic mass is 14.9. The summed E-state index contributed by atoms with van der Waals surface area (Å²) >= 11 is 0. The van der Waals surface area contributed by atoms with Crippen LogP contribution in [0.4, 0.5) is 0 Å². The number of nitriles is 1. The molecule has 2 nitrogen and oxygen atoms in total. The van der Waals surface area contributed by atoms with Gasteiger partial charge in [-0.25, -0.2) is 0 Å². The van der Waals surface area contributed by atoms with E-state index in [1.165, 1.54) is 11.1 Å². The molecule has 80 valence electrons. The second-order valence-corrected chi connectivity index (χ2v) is 3.89. The van der Waals surface area contributed by atoms with Crippen molar-refractivity contribution in [1.29, 1.82) is 5.26 Å². The molecule has 1 unspecified atom stereocenters. The third kappa shape index (κ3) is 4.14. The van der Waals surface area contributed by atoms with E-state index in [1.54, 1.807) is 0 Å². The number of nitrogens with one attached hydrogen (secondary N) is 1. The lowest BCUT2D eigenvalue weighted by Crippen LogP contribution is -2.27. The van der Waals surface area contributed by atoms with Gasteiger partial charge in [-0.2, -0.15) is 5.26 Å². The number of nitrogens with zero attached hydrogens (tertiary/aromatic N) is 1. The number of aryl methyl sites for hydroxylation is 1. The number of rotatable bonds is 5. The summed E-state index contributed by atoms with van der Waals surface area (Å²) in [4.78, 5) is 0.